The SMILES string of the molecule is CC(C)c1ccc(/C=C(/C#N)c2nc(-c3ccc(Cl)c(Cl)c3)cs2)cc1. The summed E-state index contributed by atoms with van der Waals surface area (Å²) in [5.74, 6) is 0.483. The topological polar surface area (TPSA) is 36.7 Å². The molecule has 0 aliphatic rings. The molecule has 0 bridgehead atoms. The lowest BCUT2D eigenvalue weighted by Crippen LogP contribution is -1.87. The van der Waals surface area contributed by atoms with E-state index in [0.29, 0.717) is 26.5 Å². The molecule has 0 atom stereocenters. The van der Waals surface area contributed by atoms with Crippen LogP contribution in [0.3, 0.4) is 0 Å². The summed E-state index contributed by atoms with van der Waals surface area (Å²) in [5, 5.41) is 13.1. The van der Waals surface area contributed by atoms with E-state index < -0.39 is 0 Å². The molecular formula is C21H16Cl2N2S. The summed E-state index contributed by atoms with van der Waals surface area (Å²) in [6, 6.07) is 15.9. The van der Waals surface area contributed by atoms with E-state index in [0.717, 1.165) is 16.8 Å². The number of nitrogens with zero attached hydrogens (tertiary/aromatic N) is 2. The normalized spacial score (nSPS) is 11.6. The molecule has 3 aromatic rings. The molecule has 1 aromatic heterocycles. The number of hydrogen-bond acceptors (Lipinski definition) is 3. The first-order valence-corrected chi connectivity index (χ1v) is 9.74. The monoisotopic (exact) mass is 398 g/mol. The Kier molecular flexibility index (Phi) is 5.78. The van der Waals surface area contributed by atoms with Crippen LogP contribution in [0.1, 0.15) is 35.9 Å². The molecule has 0 unspecified atom stereocenters. The molecule has 0 saturated heterocycles. The number of halogens is 2. The van der Waals surface area contributed by atoms with Crippen LogP contribution >= 0.6 is 34.5 Å². The lowest BCUT2D eigenvalue weighted by molar-refractivity contribution is 0.866. The van der Waals surface area contributed by atoms with E-state index in [1.165, 1.54) is 16.9 Å². The van der Waals surface area contributed by atoms with Crippen molar-refractivity contribution in [1.82, 2.24) is 4.98 Å². The fourth-order valence-electron chi connectivity index (χ4n) is 2.47. The van der Waals surface area contributed by atoms with Gasteiger partial charge in [-0.25, -0.2) is 4.98 Å². The maximum atomic E-state index is 9.55. The van der Waals surface area contributed by atoms with E-state index in [4.69, 9.17) is 23.2 Å². The van der Waals surface area contributed by atoms with Crippen LogP contribution in [-0.2, 0) is 0 Å². The average molecular weight is 399 g/mol. The van der Waals surface area contributed by atoms with Crippen molar-refractivity contribution >= 4 is 46.2 Å². The Bertz CT molecular complexity index is 996. The molecule has 2 nitrogen and oxygen atoms in total. The zero-order valence-electron chi connectivity index (χ0n) is 14.3. The maximum absolute atomic E-state index is 9.55. The highest BCUT2D eigenvalue weighted by Crippen LogP contribution is 2.31. The fraction of sp³-hybridized carbons (Fsp3) is 0.143. The molecule has 0 amide bonds. The van der Waals surface area contributed by atoms with Gasteiger partial charge in [0, 0.05) is 10.9 Å². The highest BCUT2D eigenvalue weighted by atomic mass is 35.5. The van der Waals surface area contributed by atoms with Crippen LogP contribution < -0.4 is 0 Å². The van der Waals surface area contributed by atoms with Crippen LogP contribution in [-0.4, -0.2) is 4.98 Å². The highest BCUT2D eigenvalue weighted by molar-refractivity contribution is 7.11. The van der Waals surface area contributed by atoms with E-state index in [2.05, 4.69) is 37.0 Å². The molecule has 5 heteroatoms. The van der Waals surface area contributed by atoms with Crippen LogP contribution in [0.2, 0.25) is 10.0 Å². The standard InChI is InChI=1S/C21H16Cl2N2S/c1-13(2)15-5-3-14(4-6-15)9-17(11-24)21-25-20(12-26-21)16-7-8-18(22)19(23)10-16/h3-10,12-13H,1-2H3/b17-9-. The number of nitriles is 1. The van der Waals surface area contributed by atoms with Gasteiger partial charge in [0.2, 0.25) is 0 Å². The first kappa shape index (κ1) is 18.7. The molecule has 0 spiro atoms. The van der Waals surface area contributed by atoms with Crippen molar-refractivity contribution in [2.45, 2.75) is 19.8 Å². The Balaban J connectivity index is 1.90. The molecule has 0 aliphatic heterocycles. The van der Waals surface area contributed by atoms with Gasteiger partial charge in [0.25, 0.3) is 0 Å². The van der Waals surface area contributed by atoms with E-state index >= 15 is 0 Å². The lowest BCUT2D eigenvalue weighted by atomic mass is 10.0. The molecule has 1 heterocycles. The zero-order valence-corrected chi connectivity index (χ0v) is 16.7. The summed E-state index contributed by atoms with van der Waals surface area (Å²) in [6.45, 7) is 4.32. The van der Waals surface area contributed by atoms with Gasteiger partial charge in [-0.15, -0.1) is 11.3 Å². The molecule has 0 radical (unpaired) electrons. The Hall–Kier alpha value is -2.12. The van der Waals surface area contributed by atoms with Gasteiger partial charge in [0.15, 0.2) is 0 Å². The van der Waals surface area contributed by atoms with Gasteiger partial charge >= 0.3 is 0 Å². The van der Waals surface area contributed by atoms with Crippen molar-refractivity contribution in [3.8, 4) is 17.3 Å². The van der Waals surface area contributed by atoms with Gasteiger partial charge in [-0.3, -0.25) is 0 Å². The van der Waals surface area contributed by atoms with Gasteiger partial charge in [-0.05, 0) is 35.3 Å². The van der Waals surface area contributed by atoms with E-state index in [1.54, 1.807) is 12.1 Å². The van der Waals surface area contributed by atoms with Crippen LogP contribution in [0.15, 0.2) is 47.8 Å². The van der Waals surface area contributed by atoms with Gasteiger partial charge in [0.05, 0.1) is 21.3 Å². The molecule has 0 N–H and O–H groups in total. The van der Waals surface area contributed by atoms with Crippen molar-refractivity contribution in [2.24, 2.45) is 0 Å². The fourth-order valence-corrected chi connectivity index (χ4v) is 3.56. The Morgan fingerprint density at radius 2 is 1.85 bits per heavy atom. The van der Waals surface area contributed by atoms with Crippen LogP contribution in [0.4, 0.5) is 0 Å². The minimum absolute atomic E-state index is 0.483. The third kappa shape index (κ3) is 4.16. The highest BCUT2D eigenvalue weighted by Gasteiger charge is 2.10. The van der Waals surface area contributed by atoms with E-state index in [-0.39, 0.29) is 0 Å². The number of thiazole rings is 1. The molecule has 0 aliphatic carbocycles. The van der Waals surface area contributed by atoms with Gasteiger partial charge in [-0.2, -0.15) is 5.26 Å². The van der Waals surface area contributed by atoms with E-state index in [1.807, 2.05) is 29.7 Å². The minimum atomic E-state index is 0.483. The number of aromatic nitrogens is 1. The lowest BCUT2D eigenvalue weighted by Gasteiger charge is -2.04. The quantitative estimate of drug-likeness (QED) is 0.432. The second-order valence-electron chi connectivity index (χ2n) is 6.16. The maximum Gasteiger partial charge on any atom is 0.134 e. The van der Waals surface area contributed by atoms with Crippen molar-refractivity contribution in [1.29, 1.82) is 5.26 Å². The van der Waals surface area contributed by atoms with Gasteiger partial charge in [0.1, 0.15) is 11.1 Å². The summed E-state index contributed by atoms with van der Waals surface area (Å²) in [6.07, 6.45) is 1.86. The predicted octanol–water partition coefficient (Wildman–Crippen LogP) is 7.30. The third-order valence-corrected chi connectivity index (χ3v) is 5.60. The van der Waals surface area contributed by atoms with Crippen LogP contribution in [0.25, 0.3) is 22.9 Å². The molecule has 3 rings (SSSR count). The van der Waals surface area contributed by atoms with Crippen molar-refractivity contribution < 1.29 is 0 Å². The molecule has 0 fully saturated rings. The number of hydrogen-bond donors (Lipinski definition) is 0. The first-order chi connectivity index (χ1) is 12.5. The molecule has 2 aromatic carbocycles. The molecule has 130 valence electrons. The van der Waals surface area contributed by atoms with E-state index in [9.17, 15) is 5.26 Å². The number of allylic oxidation sites excluding steroid dienone is 1. The van der Waals surface area contributed by atoms with Crippen LogP contribution in [0.5, 0.6) is 0 Å². The average Bonchev–Trinajstić information content (AvgIpc) is 3.12. The Morgan fingerprint density at radius 1 is 1.12 bits per heavy atom. The third-order valence-electron chi connectivity index (χ3n) is 3.98. The second-order valence-corrected chi connectivity index (χ2v) is 7.83. The zero-order chi connectivity index (χ0) is 18.7. The first-order valence-electron chi connectivity index (χ1n) is 8.11. The summed E-state index contributed by atoms with van der Waals surface area (Å²) < 4.78 is 0. The van der Waals surface area contributed by atoms with Crippen molar-refractivity contribution in [3.05, 3.63) is 74.0 Å². The molecular weight excluding hydrogens is 383 g/mol. The minimum Gasteiger partial charge on any atom is -0.235 e. The van der Waals surface area contributed by atoms with Gasteiger partial charge in [-0.1, -0.05) is 67.4 Å². The van der Waals surface area contributed by atoms with Gasteiger partial charge < -0.3 is 0 Å². The van der Waals surface area contributed by atoms with Crippen molar-refractivity contribution in [2.75, 3.05) is 0 Å². The largest absolute Gasteiger partial charge is 0.235 e. The number of benzene rings is 2. The summed E-state index contributed by atoms with van der Waals surface area (Å²) in [4.78, 5) is 4.59. The Labute approximate surface area is 167 Å². The smallest absolute Gasteiger partial charge is 0.134 e. The molecule has 26 heavy (non-hydrogen) atoms. The Morgan fingerprint density at radius 3 is 2.46 bits per heavy atom. The summed E-state index contributed by atoms with van der Waals surface area (Å²) in [5.41, 5.74) is 4.45. The molecule has 0 saturated carbocycles. The predicted molar refractivity (Wildman–Crippen MR) is 112 cm³/mol. The summed E-state index contributed by atoms with van der Waals surface area (Å²) in [7, 11) is 0. The second kappa shape index (κ2) is 8.05. The van der Waals surface area contributed by atoms with Crippen molar-refractivity contribution in [3.63, 3.8) is 0 Å². The summed E-state index contributed by atoms with van der Waals surface area (Å²) >= 11 is 13.5. The van der Waals surface area contributed by atoms with Crippen LogP contribution in [0, 0.1) is 11.3 Å². The number of rotatable bonds is 4.